The van der Waals surface area contributed by atoms with Crippen LogP contribution in [0.3, 0.4) is 0 Å². The molecule has 1 rings (SSSR count). The van der Waals surface area contributed by atoms with Crippen molar-refractivity contribution in [3.8, 4) is 0 Å². The Balaban J connectivity index is 2.20. The van der Waals surface area contributed by atoms with E-state index < -0.39 is 8.07 Å². The quantitative estimate of drug-likeness (QED) is 0.577. The number of rotatable bonds is 5. The van der Waals surface area contributed by atoms with Gasteiger partial charge in [-0.1, -0.05) is 19.6 Å². The van der Waals surface area contributed by atoms with Gasteiger partial charge in [-0.3, -0.25) is 4.57 Å². The Morgan fingerprint density at radius 3 is 2.71 bits per heavy atom. The molecule has 0 fully saturated rings. The van der Waals surface area contributed by atoms with Crippen LogP contribution in [0, 0.1) is 0 Å². The van der Waals surface area contributed by atoms with Gasteiger partial charge >= 0.3 is 0 Å². The summed E-state index contributed by atoms with van der Waals surface area (Å²) in [6.45, 7) is 8.31. The van der Waals surface area contributed by atoms with E-state index >= 15 is 0 Å². The predicted octanol–water partition coefficient (Wildman–Crippen LogP) is 2.85. The van der Waals surface area contributed by atoms with E-state index in [9.17, 15) is 0 Å². The minimum atomic E-state index is -0.976. The number of halogens is 1. The van der Waals surface area contributed by atoms with Crippen molar-refractivity contribution in [1.29, 1.82) is 0 Å². The average molecular weight is 233 g/mol. The molecule has 80 valence electrons. The Morgan fingerprint density at radius 1 is 1.50 bits per heavy atom. The molecule has 0 spiro atoms. The minimum absolute atomic E-state index is 0.484. The van der Waals surface area contributed by atoms with Gasteiger partial charge in [0, 0.05) is 27.1 Å². The fourth-order valence-corrected chi connectivity index (χ4v) is 1.87. The molecule has 3 nitrogen and oxygen atoms in total. The molecule has 5 heteroatoms. The van der Waals surface area contributed by atoms with Gasteiger partial charge in [-0.15, -0.1) is 0 Å². The van der Waals surface area contributed by atoms with E-state index in [1.54, 1.807) is 10.8 Å². The SMILES string of the molecule is C[Si](C)(C)CCOCn1ccnc1Cl. The number of imidazole rings is 1. The van der Waals surface area contributed by atoms with Gasteiger partial charge in [-0.25, -0.2) is 4.98 Å². The first-order chi connectivity index (χ1) is 6.49. The third-order valence-corrected chi connectivity index (χ3v) is 3.91. The van der Waals surface area contributed by atoms with Gasteiger partial charge in [0.15, 0.2) is 0 Å². The highest BCUT2D eigenvalue weighted by Crippen LogP contribution is 2.09. The van der Waals surface area contributed by atoms with Crippen LogP contribution in [0.2, 0.25) is 31.0 Å². The highest BCUT2D eigenvalue weighted by Gasteiger charge is 2.12. The molecule has 0 atom stereocenters. The molecule has 0 unspecified atom stereocenters. The summed E-state index contributed by atoms with van der Waals surface area (Å²) in [6, 6.07) is 1.18. The molecule has 14 heavy (non-hydrogen) atoms. The lowest BCUT2D eigenvalue weighted by molar-refractivity contribution is 0.0873. The van der Waals surface area contributed by atoms with Gasteiger partial charge in [0.2, 0.25) is 5.28 Å². The Kier molecular flexibility index (Phi) is 4.16. The molecular weight excluding hydrogens is 216 g/mol. The van der Waals surface area contributed by atoms with Crippen LogP contribution in [0.1, 0.15) is 0 Å². The molecular formula is C9H17ClN2OSi. The predicted molar refractivity (Wildman–Crippen MR) is 61.3 cm³/mol. The van der Waals surface area contributed by atoms with Crippen molar-refractivity contribution < 1.29 is 4.74 Å². The summed E-state index contributed by atoms with van der Waals surface area (Å²) in [5.41, 5.74) is 0. The third-order valence-electron chi connectivity index (χ3n) is 1.89. The van der Waals surface area contributed by atoms with Crippen molar-refractivity contribution in [3.05, 3.63) is 17.7 Å². The Hall–Kier alpha value is -0.323. The molecule has 0 aliphatic carbocycles. The van der Waals surface area contributed by atoms with Gasteiger partial charge in [0.25, 0.3) is 0 Å². The second kappa shape index (κ2) is 4.96. The minimum Gasteiger partial charge on any atom is -0.361 e. The summed E-state index contributed by atoms with van der Waals surface area (Å²) in [6.07, 6.45) is 3.49. The second-order valence-electron chi connectivity index (χ2n) is 4.51. The van der Waals surface area contributed by atoms with Crippen LogP contribution < -0.4 is 0 Å². The molecule has 0 amide bonds. The summed E-state index contributed by atoms with van der Waals surface area (Å²) in [7, 11) is -0.976. The number of hydrogen-bond donors (Lipinski definition) is 0. The number of aromatic nitrogens is 2. The normalized spacial score (nSPS) is 12.0. The van der Waals surface area contributed by atoms with Crippen molar-refractivity contribution in [2.45, 2.75) is 32.4 Å². The number of ether oxygens (including phenoxy) is 1. The van der Waals surface area contributed by atoms with Crippen molar-refractivity contribution in [2.24, 2.45) is 0 Å². The van der Waals surface area contributed by atoms with E-state index in [0.717, 1.165) is 6.61 Å². The summed E-state index contributed by atoms with van der Waals surface area (Å²) in [5.74, 6) is 0. The largest absolute Gasteiger partial charge is 0.361 e. The zero-order valence-corrected chi connectivity index (χ0v) is 10.7. The molecule has 0 aromatic carbocycles. The number of hydrogen-bond acceptors (Lipinski definition) is 2. The fraction of sp³-hybridized carbons (Fsp3) is 0.667. The second-order valence-corrected chi connectivity index (χ2v) is 10.5. The smallest absolute Gasteiger partial charge is 0.204 e. The lowest BCUT2D eigenvalue weighted by atomic mass is 10.8. The first-order valence-corrected chi connectivity index (χ1v) is 8.82. The van der Waals surface area contributed by atoms with Crippen LogP contribution in [0.4, 0.5) is 0 Å². The van der Waals surface area contributed by atoms with E-state index in [-0.39, 0.29) is 0 Å². The van der Waals surface area contributed by atoms with Gasteiger partial charge in [0.1, 0.15) is 6.73 Å². The van der Waals surface area contributed by atoms with Crippen LogP contribution in [-0.4, -0.2) is 24.2 Å². The molecule has 0 aliphatic heterocycles. The maximum absolute atomic E-state index is 5.79. The summed E-state index contributed by atoms with van der Waals surface area (Å²) >= 11 is 5.79. The number of nitrogens with zero attached hydrogens (tertiary/aromatic N) is 2. The lowest BCUT2D eigenvalue weighted by Gasteiger charge is -2.15. The van der Waals surface area contributed by atoms with Crippen LogP contribution in [0.25, 0.3) is 0 Å². The maximum Gasteiger partial charge on any atom is 0.204 e. The molecule has 1 aromatic rings. The van der Waals surface area contributed by atoms with E-state index in [0.29, 0.717) is 12.0 Å². The third kappa shape index (κ3) is 4.26. The topological polar surface area (TPSA) is 27.1 Å². The highest BCUT2D eigenvalue weighted by atomic mass is 35.5. The molecule has 0 N–H and O–H groups in total. The van der Waals surface area contributed by atoms with Gasteiger partial charge in [-0.05, 0) is 17.6 Å². The van der Waals surface area contributed by atoms with Gasteiger partial charge in [-0.2, -0.15) is 0 Å². The highest BCUT2D eigenvalue weighted by molar-refractivity contribution is 6.76. The molecule has 1 heterocycles. The Bertz CT molecular complexity index is 283. The van der Waals surface area contributed by atoms with Crippen LogP contribution >= 0.6 is 11.6 Å². The molecule has 0 bridgehead atoms. The fourth-order valence-electron chi connectivity index (χ4n) is 0.949. The monoisotopic (exact) mass is 232 g/mol. The summed E-state index contributed by atoms with van der Waals surface area (Å²) in [4.78, 5) is 3.90. The van der Waals surface area contributed by atoms with Crippen LogP contribution in [0.5, 0.6) is 0 Å². The Labute approximate surface area is 91.1 Å². The zero-order valence-electron chi connectivity index (χ0n) is 8.96. The zero-order chi connectivity index (χ0) is 10.6. The van der Waals surface area contributed by atoms with E-state index in [1.165, 1.54) is 6.04 Å². The lowest BCUT2D eigenvalue weighted by Crippen LogP contribution is -2.21. The Morgan fingerprint density at radius 2 is 2.21 bits per heavy atom. The van der Waals surface area contributed by atoms with Crippen molar-refractivity contribution in [3.63, 3.8) is 0 Å². The van der Waals surface area contributed by atoms with Crippen molar-refractivity contribution >= 4 is 19.7 Å². The summed E-state index contributed by atoms with van der Waals surface area (Å²) < 4.78 is 7.29. The summed E-state index contributed by atoms with van der Waals surface area (Å²) in [5, 5.41) is 0.484. The molecule has 0 radical (unpaired) electrons. The first-order valence-electron chi connectivity index (χ1n) is 4.73. The van der Waals surface area contributed by atoms with E-state index in [2.05, 4.69) is 24.6 Å². The standard InChI is InChI=1S/C9H17ClN2OSi/c1-14(2,3)7-6-13-8-12-5-4-11-9(12)10/h4-5H,6-8H2,1-3H3. The van der Waals surface area contributed by atoms with Crippen LogP contribution in [-0.2, 0) is 11.5 Å². The van der Waals surface area contributed by atoms with Crippen molar-refractivity contribution in [2.75, 3.05) is 6.61 Å². The van der Waals surface area contributed by atoms with Gasteiger partial charge in [0.05, 0.1) is 0 Å². The molecule has 0 saturated carbocycles. The van der Waals surface area contributed by atoms with E-state index in [4.69, 9.17) is 16.3 Å². The van der Waals surface area contributed by atoms with Crippen LogP contribution in [0.15, 0.2) is 12.4 Å². The van der Waals surface area contributed by atoms with Gasteiger partial charge < -0.3 is 4.74 Å². The molecule has 0 saturated heterocycles. The van der Waals surface area contributed by atoms with E-state index in [1.807, 2.05) is 6.20 Å². The molecule has 1 aromatic heterocycles. The van der Waals surface area contributed by atoms with Crippen molar-refractivity contribution in [1.82, 2.24) is 9.55 Å². The first kappa shape index (κ1) is 11.7. The maximum atomic E-state index is 5.79. The average Bonchev–Trinajstić information content (AvgIpc) is 2.44. The molecule has 0 aliphatic rings.